The third-order valence-corrected chi connectivity index (χ3v) is 4.77. The summed E-state index contributed by atoms with van der Waals surface area (Å²) in [6.07, 6.45) is 3.82. The predicted molar refractivity (Wildman–Crippen MR) is 107 cm³/mol. The summed E-state index contributed by atoms with van der Waals surface area (Å²) in [5.74, 6) is -0.991. The van der Waals surface area contributed by atoms with E-state index in [-0.39, 0.29) is 30.6 Å². The van der Waals surface area contributed by atoms with E-state index in [0.717, 1.165) is 30.9 Å². The molecule has 0 bridgehead atoms. The molecule has 2 aromatic carbocycles. The van der Waals surface area contributed by atoms with Crippen LogP contribution in [0.25, 0.3) is 0 Å². The van der Waals surface area contributed by atoms with Crippen molar-refractivity contribution in [1.29, 1.82) is 0 Å². The molecule has 6 heteroatoms. The summed E-state index contributed by atoms with van der Waals surface area (Å²) >= 11 is 0. The molecule has 0 atom stereocenters. The minimum Gasteiger partial charge on any atom is -0.347 e. The van der Waals surface area contributed by atoms with Crippen LogP contribution in [0.3, 0.4) is 0 Å². The summed E-state index contributed by atoms with van der Waals surface area (Å²) in [6, 6.07) is 13.7. The van der Waals surface area contributed by atoms with Crippen molar-refractivity contribution in [2.75, 3.05) is 25.0 Å². The molecule has 0 unspecified atom stereocenters. The summed E-state index contributed by atoms with van der Waals surface area (Å²) in [5.41, 5.74) is 2.46. The lowest BCUT2D eigenvalue weighted by Gasteiger charge is -2.26. The summed E-state index contributed by atoms with van der Waals surface area (Å²) < 4.78 is 13.2. The number of carbonyl (C=O) groups excluding carboxylic acids is 2. The van der Waals surface area contributed by atoms with Crippen molar-refractivity contribution in [2.24, 2.45) is 0 Å². The van der Waals surface area contributed by atoms with Crippen LogP contribution < -0.4 is 10.6 Å². The van der Waals surface area contributed by atoms with Gasteiger partial charge in [0.2, 0.25) is 11.8 Å². The van der Waals surface area contributed by atoms with Crippen molar-refractivity contribution < 1.29 is 14.0 Å². The molecule has 1 saturated heterocycles. The Hall–Kier alpha value is -2.73. The molecule has 2 aromatic rings. The Balaban J connectivity index is 1.45. The molecule has 1 aliphatic rings. The zero-order valence-electron chi connectivity index (χ0n) is 15.9. The van der Waals surface area contributed by atoms with Gasteiger partial charge in [0, 0.05) is 12.2 Å². The van der Waals surface area contributed by atoms with Gasteiger partial charge in [-0.15, -0.1) is 0 Å². The molecule has 3 rings (SSSR count). The lowest BCUT2D eigenvalue weighted by molar-refractivity contribution is -0.123. The molecule has 0 aromatic heterocycles. The van der Waals surface area contributed by atoms with Crippen LogP contribution in [0.5, 0.6) is 0 Å². The van der Waals surface area contributed by atoms with Crippen LogP contribution in [-0.2, 0) is 22.6 Å². The lowest BCUT2D eigenvalue weighted by atomic mass is 10.1. The molecule has 5 nitrogen and oxygen atoms in total. The number of rotatable bonds is 7. The molecule has 148 valence electrons. The molecule has 0 radical (unpaired) electrons. The third-order valence-electron chi connectivity index (χ3n) is 4.77. The van der Waals surface area contributed by atoms with E-state index in [1.165, 1.54) is 31.4 Å². The topological polar surface area (TPSA) is 61.4 Å². The van der Waals surface area contributed by atoms with Crippen molar-refractivity contribution in [3.63, 3.8) is 0 Å². The predicted octanol–water partition coefficient (Wildman–Crippen LogP) is 3.11. The van der Waals surface area contributed by atoms with Crippen LogP contribution in [-0.4, -0.2) is 36.3 Å². The standard InChI is InChI=1S/C22H26FN3O2/c23-19-8-4-6-17(12-19)14-21(27)24-15-22(28)25-20-9-5-7-18(13-20)16-26-10-2-1-3-11-26/h4-9,12-13H,1-3,10-11,14-16H2,(H,24,27)(H,25,28). The van der Waals surface area contributed by atoms with Crippen LogP contribution in [0.2, 0.25) is 0 Å². The average molecular weight is 383 g/mol. The van der Waals surface area contributed by atoms with Crippen molar-refractivity contribution in [1.82, 2.24) is 10.2 Å². The highest BCUT2D eigenvalue weighted by Gasteiger charge is 2.11. The van der Waals surface area contributed by atoms with Crippen molar-refractivity contribution >= 4 is 17.5 Å². The largest absolute Gasteiger partial charge is 0.347 e. The van der Waals surface area contributed by atoms with Gasteiger partial charge >= 0.3 is 0 Å². The van der Waals surface area contributed by atoms with Crippen LogP contribution >= 0.6 is 0 Å². The first-order valence-corrected chi connectivity index (χ1v) is 9.71. The third kappa shape index (κ3) is 6.46. The Morgan fingerprint density at radius 2 is 1.68 bits per heavy atom. The molecule has 2 amide bonds. The van der Waals surface area contributed by atoms with Crippen LogP contribution in [0.4, 0.5) is 10.1 Å². The summed E-state index contributed by atoms with van der Waals surface area (Å²) in [7, 11) is 0. The van der Waals surface area contributed by atoms with E-state index in [1.807, 2.05) is 18.2 Å². The highest BCUT2D eigenvalue weighted by Crippen LogP contribution is 2.16. The number of amides is 2. The smallest absolute Gasteiger partial charge is 0.243 e. The van der Waals surface area contributed by atoms with Gasteiger partial charge in [-0.1, -0.05) is 30.7 Å². The first kappa shape index (κ1) is 20.0. The summed E-state index contributed by atoms with van der Waals surface area (Å²) in [4.78, 5) is 26.5. The van der Waals surface area contributed by atoms with Crippen molar-refractivity contribution in [2.45, 2.75) is 32.2 Å². The van der Waals surface area contributed by atoms with E-state index in [1.54, 1.807) is 12.1 Å². The molecule has 28 heavy (non-hydrogen) atoms. The number of piperidine rings is 1. The Morgan fingerprint density at radius 1 is 0.929 bits per heavy atom. The summed E-state index contributed by atoms with van der Waals surface area (Å²) in [6.45, 7) is 3.00. The van der Waals surface area contributed by atoms with Gasteiger partial charge in [0.15, 0.2) is 0 Å². The number of hydrogen-bond donors (Lipinski definition) is 2. The Bertz CT molecular complexity index is 819. The molecule has 0 aliphatic carbocycles. The van der Waals surface area contributed by atoms with Gasteiger partial charge in [-0.05, 0) is 61.3 Å². The first-order chi connectivity index (χ1) is 13.6. The van der Waals surface area contributed by atoms with Gasteiger partial charge in [0.05, 0.1) is 13.0 Å². The fraction of sp³-hybridized carbons (Fsp3) is 0.364. The fourth-order valence-electron chi connectivity index (χ4n) is 3.40. The molecular weight excluding hydrogens is 357 g/mol. The minimum atomic E-state index is -0.382. The Kier molecular flexibility index (Phi) is 7.14. The second-order valence-electron chi connectivity index (χ2n) is 7.17. The number of likely N-dealkylation sites (tertiary alicyclic amines) is 1. The number of halogens is 1. The van der Waals surface area contributed by atoms with Crippen LogP contribution in [0.15, 0.2) is 48.5 Å². The molecule has 0 spiro atoms. The second kappa shape index (κ2) is 9.99. The zero-order valence-corrected chi connectivity index (χ0v) is 15.9. The molecule has 1 aliphatic heterocycles. The number of nitrogens with one attached hydrogen (secondary N) is 2. The lowest BCUT2D eigenvalue weighted by Crippen LogP contribution is -2.33. The van der Waals surface area contributed by atoms with E-state index in [4.69, 9.17) is 0 Å². The highest BCUT2D eigenvalue weighted by molar-refractivity contribution is 5.94. The SMILES string of the molecule is O=C(Cc1cccc(F)c1)NCC(=O)Nc1cccc(CN2CCCCC2)c1. The number of nitrogens with zero attached hydrogens (tertiary/aromatic N) is 1. The van der Waals surface area contributed by atoms with Gasteiger partial charge in [-0.3, -0.25) is 14.5 Å². The molecule has 2 N–H and O–H groups in total. The van der Waals surface area contributed by atoms with Gasteiger partial charge in [0.1, 0.15) is 5.82 Å². The average Bonchev–Trinajstić information content (AvgIpc) is 2.67. The number of carbonyl (C=O) groups is 2. The van der Waals surface area contributed by atoms with E-state index in [2.05, 4.69) is 21.6 Å². The van der Waals surface area contributed by atoms with Gasteiger partial charge in [-0.25, -0.2) is 4.39 Å². The van der Waals surface area contributed by atoms with Gasteiger partial charge < -0.3 is 10.6 Å². The number of anilines is 1. The minimum absolute atomic E-state index is 0.0381. The van der Waals surface area contributed by atoms with E-state index in [0.29, 0.717) is 5.56 Å². The number of hydrogen-bond acceptors (Lipinski definition) is 3. The normalized spacial score (nSPS) is 14.5. The Labute approximate surface area is 164 Å². The van der Waals surface area contributed by atoms with E-state index >= 15 is 0 Å². The maximum absolute atomic E-state index is 13.2. The maximum Gasteiger partial charge on any atom is 0.243 e. The molecule has 1 fully saturated rings. The fourth-order valence-corrected chi connectivity index (χ4v) is 3.40. The van der Waals surface area contributed by atoms with Crippen molar-refractivity contribution in [3.8, 4) is 0 Å². The van der Waals surface area contributed by atoms with Crippen LogP contribution in [0, 0.1) is 5.82 Å². The van der Waals surface area contributed by atoms with Crippen LogP contribution in [0.1, 0.15) is 30.4 Å². The van der Waals surface area contributed by atoms with Gasteiger partial charge in [-0.2, -0.15) is 0 Å². The molecule has 0 saturated carbocycles. The van der Waals surface area contributed by atoms with E-state index in [9.17, 15) is 14.0 Å². The zero-order chi connectivity index (χ0) is 19.8. The highest BCUT2D eigenvalue weighted by atomic mass is 19.1. The monoisotopic (exact) mass is 383 g/mol. The van der Waals surface area contributed by atoms with E-state index < -0.39 is 0 Å². The second-order valence-corrected chi connectivity index (χ2v) is 7.17. The van der Waals surface area contributed by atoms with Gasteiger partial charge in [0.25, 0.3) is 0 Å². The Morgan fingerprint density at radius 3 is 2.46 bits per heavy atom. The first-order valence-electron chi connectivity index (χ1n) is 9.71. The van der Waals surface area contributed by atoms with Crippen molar-refractivity contribution in [3.05, 3.63) is 65.5 Å². The molecular formula is C22H26FN3O2. The maximum atomic E-state index is 13.2. The molecule has 1 heterocycles. The quantitative estimate of drug-likeness (QED) is 0.772. The summed E-state index contributed by atoms with van der Waals surface area (Å²) in [5, 5.41) is 5.38. The number of benzene rings is 2.